The van der Waals surface area contributed by atoms with Gasteiger partial charge < -0.3 is 27.9 Å². The number of quaternary nitrogens is 1. The number of phosphoric ester groups is 1. The van der Waals surface area contributed by atoms with Crippen molar-refractivity contribution >= 4 is 19.8 Å². The average Bonchev–Trinajstić information content (AvgIpc) is 3.12. The molecule has 0 saturated carbocycles. The second-order valence-electron chi connectivity index (χ2n) is 16.1. The number of carbonyl (C=O) groups excluding carboxylic acids is 2. The zero-order valence-corrected chi connectivity index (χ0v) is 36.6. The molecule has 0 bridgehead atoms. The van der Waals surface area contributed by atoms with Crippen LogP contribution in [0.15, 0.2) is 24.3 Å². The molecule has 0 fully saturated rings. The molecule has 0 aromatic heterocycles. The van der Waals surface area contributed by atoms with Gasteiger partial charge in [-0.1, -0.05) is 141 Å². The number of nitrogens with zero attached hydrogens (tertiary/aromatic N) is 1. The summed E-state index contributed by atoms with van der Waals surface area (Å²) in [4.78, 5) is 37.5. The molecule has 0 spiro atoms. The van der Waals surface area contributed by atoms with Crippen LogP contribution in [0.5, 0.6) is 0 Å². The van der Waals surface area contributed by atoms with Crippen LogP contribution in [0, 0.1) is 0 Å². The van der Waals surface area contributed by atoms with Crippen LogP contribution >= 0.6 is 7.82 Å². The maximum absolute atomic E-state index is 12.7. The van der Waals surface area contributed by atoms with E-state index < -0.39 is 32.5 Å². The number of likely N-dealkylation sites (N-methyl/N-ethyl adjacent to an activating group) is 1. The maximum Gasteiger partial charge on any atom is 0.306 e. The Morgan fingerprint density at radius 1 is 0.556 bits per heavy atom. The van der Waals surface area contributed by atoms with E-state index in [1.165, 1.54) is 96.3 Å². The van der Waals surface area contributed by atoms with Crippen molar-refractivity contribution in [3.05, 3.63) is 24.3 Å². The topological polar surface area (TPSA) is 111 Å². The third-order valence-electron chi connectivity index (χ3n) is 9.44. The lowest BCUT2D eigenvalue weighted by Gasteiger charge is -2.28. The standard InChI is InChI=1S/C44H84NO8P/c1-6-8-10-12-14-16-18-20-22-24-26-28-30-32-34-36-43(46)50-40-42(41-52-54(48,49)51-39-38-45(3,4)5)53-44(47)37-35-33-31-29-27-25-23-21-19-17-15-13-11-9-7-2/h17,19-20,22,42H,6-16,18,21,23-41H2,1-5H3/b19-17-,22-20-/t42-/m1/s1. The van der Waals surface area contributed by atoms with Gasteiger partial charge >= 0.3 is 11.9 Å². The van der Waals surface area contributed by atoms with Gasteiger partial charge in [0.2, 0.25) is 0 Å². The number of phosphoric acid groups is 1. The first-order valence-corrected chi connectivity index (χ1v) is 23.5. The van der Waals surface area contributed by atoms with Crippen molar-refractivity contribution in [1.82, 2.24) is 0 Å². The summed E-state index contributed by atoms with van der Waals surface area (Å²) in [7, 11) is 1.16. The van der Waals surface area contributed by atoms with Crippen molar-refractivity contribution in [2.24, 2.45) is 0 Å². The Kier molecular flexibility index (Phi) is 36.1. The van der Waals surface area contributed by atoms with Crippen molar-refractivity contribution in [1.29, 1.82) is 0 Å². The fourth-order valence-corrected chi connectivity index (χ4v) is 6.67. The van der Waals surface area contributed by atoms with E-state index in [9.17, 15) is 19.0 Å². The highest BCUT2D eigenvalue weighted by Gasteiger charge is 2.21. The largest absolute Gasteiger partial charge is 0.756 e. The van der Waals surface area contributed by atoms with Gasteiger partial charge in [0.15, 0.2) is 6.10 Å². The predicted octanol–water partition coefficient (Wildman–Crippen LogP) is 11.7. The molecule has 2 atom stereocenters. The lowest BCUT2D eigenvalue weighted by Crippen LogP contribution is -2.37. The van der Waals surface area contributed by atoms with Gasteiger partial charge in [0.05, 0.1) is 27.7 Å². The highest BCUT2D eigenvalue weighted by Crippen LogP contribution is 2.38. The zero-order chi connectivity index (χ0) is 40.0. The average molecular weight is 786 g/mol. The van der Waals surface area contributed by atoms with E-state index in [-0.39, 0.29) is 26.1 Å². The fourth-order valence-electron chi connectivity index (χ4n) is 5.94. The molecule has 9 nitrogen and oxygen atoms in total. The molecule has 0 aliphatic carbocycles. The van der Waals surface area contributed by atoms with Crippen molar-refractivity contribution in [3.8, 4) is 0 Å². The lowest BCUT2D eigenvalue weighted by molar-refractivity contribution is -0.870. The number of esters is 2. The Morgan fingerprint density at radius 2 is 0.944 bits per heavy atom. The highest BCUT2D eigenvalue weighted by atomic mass is 31.2. The van der Waals surface area contributed by atoms with E-state index in [2.05, 4.69) is 38.2 Å². The molecule has 0 aromatic carbocycles. The number of unbranched alkanes of at least 4 members (excludes halogenated alkanes) is 22. The van der Waals surface area contributed by atoms with Crippen LogP contribution in [0.4, 0.5) is 0 Å². The van der Waals surface area contributed by atoms with Crippen molar-refractivity contribution in [2.75, 3.05) is 47.5 Å². The summed E-state index contributed by atoms with van der Waals surface area (Å²) in [6, 6.07) is 0. The van der Waals surface area contributed by atoms with Gasteiger partial charge in [0, 0.05) is 12.8 Å². The Labute approximate surface area is 332 Å². The van der Waals surface area contributed by atoms with Crippen LogP contribution in [0.2, 0.25) is 0 Å². The fraction of sp³-hybridized carbons (Fsp3) is 0.864. The quantitative estimate of drug-likeness (QED) is 0.0198. The minimum absolute atomic E-state index is 0.0318. The first kappa shape index (κ1) is 52.5. The van der Waals surface area contributed by atoms with Crippen molar-refractivity contribution in [2.45, 2.75) is 200 Å². The van der Waals surface area contributed by atoms with Crippen LogP contribution in [0.3, 0.4) is 0 Å². The van der Waals surface area contributed by atoms with E-state index >= 15 is 0 Å². The second kappa shape index (κ2) is 37.1. The number of hydrogen-bond donors (Lipinski definition) is 0. The zero-order valence-electron chi connectivity index (χ0n) is 35.7. The summed E-state index contributed by atoms with van der Waals surface area (Å²) in [5, 5.41) is 0. The molecule has 318 valence electrons. The van der Waals surface area contributed by atoms with Gasteiger partial charge in [-0.05, 0) is 64.2 Å². The van der Waals surface area contributed by atoms with Crippen LogP contribution in [0.1, 0.15) is 194 Å². The third-order valence-corrected chi connectivity index (χ3v) is 10.4. The van der Waals surface area contributed by atoms with Gasteiger partial charge in [-0.3, -0.25) is 14.2 Å². The number of rotatable bonds is 40. The Balaban J connectivity index is 4.37. The molecule has 10 heteroatoms. The monoisotopic (exact) mass is 786 g/mol. The number of allylic oxidation sites excluding steroid dienone is 4. The molecular formula is C44H84NO8P. The first-order valence-electron chi connectivity index (χ1n) is 22.0. The van der Waals surface area contributed by atoms with E-state index in [0.717, 1.165) is 64.2 Å². The predicted molar refractivity (Wildman–Crippen MR) is 222 cm³/mol. The highest BCUT2D eigenvalue weighted by molar-refractivity contribution is 7.45. The first-order chi connectivity index (χ1) is 26.0. The number of hydrogen-bond acceptors (Lipinski definition) is 8. The van der Waals surface area contributed by atoms with Gasteiger partial charge in [-0.25, -0.2) is 0 Å². The maximum atomic E-state index is 12.7. The van der Waals surface area contributed by atoms with Crippen molar-refractivity contribution < 1.29 is 42.1 Å². The van der Waals surface area contributed by atoms with E-state index in [1.807, 2.05) is 21.1 Å². The Morgan fingerprint density at radius 3 is 1.39 bits per heavy atom. The van der Waals surface area contributed by atoms with Gasteiger partial charge in [0.25, 0.3) is 7.82 Å². The summed E-state index contributed by atoms with van der Waals surface area (Å²) in [5.74, 6) is -0.846. The molecule has 0 aliphatic heterocycles. The lowest BCUT2D eigenvalue weighted by atomic mass is 10.1. The SMILES string of the molecule is CCCCCC/C=C\CCCCCCCCCC(=O)O[C@H](COC(=O)CCCCCCC/C=C\CCCCCCCC)COP(=O)([O-])OCC[N+](C)(C)C. The van der Waals surface area contributed by atoms with Crippen LogP contribution in [0.25, 0.3) is 0 Å². The van der Waals surface area contributed by atoms with Crippen molar-refractivity contribution in [3.63, 3.8) is 0 Å². The normalized spacial score (nSPS) is 13.8. The van der Waals surface area contributed by atoms with Crippen LogP contribution in [-0.4, -0.2) is 70.0 Å². The number of ether oxygens (including phenoxy) is 2. The molecule has 0 aromatic rings. The molecule has 0 rings (SSSR count). The smallest absolute Gasteiger partial charge is 0.306 e. The Bertz CT molecular complexity index is 980. The van der Waals surface area contributed by atoms with Crippen LogP contribution in [-0.2, 0) is 32.7 Å². The van der Waals surface area contributed by atoms with Gasteiger partial charge in [0.1, 0.15) is 19.8 Å². The van der Waals surface area contributed by atoms with E-state index in [1.54, 1.807) is 0 Å². The molecule has 54 heavy (non-hydrogen) atoms. The minimum atomic E-state index is -4.62. The second-order valence-corrected chi connectivity index (χ2v) is 17.5. The number of carbonyl (C=O) groups is 2. The van der Waals surface area contributed by atoms with Gasteiger partial charge in [-0.15, -0.1) is 0 Å². The van der Waals surface area contributed by atoms with Crippen LogP contribution < -0.4 is 4.89 Å². The molecule has 0 saturated heterocycles. The molecule has 1 unspecified atom stereocenters. The molecule has 0 aliphatic rings. The summed E-state index contributed by atoms with van der Waals surface area (Å²) in [6.45, 7) is 4.20. The van der Waals surface area contributed by atoms with Gasteiger partial charge in [-0.2, -0.15) is 0 Å². The molecule has 0 heterocycles. The molecule has 0 N–H and O–H groups in total. The Hall–Kier alpha value is -1.51. The summed E-state index contributed by atoms with van der Waals surface area (Å²) in [6.07, 6.45) is 39.1. The van der Waals surface area contributed by atoms with E-state index in [4.69, 9.17) is 18.5 Å². The molecule has 0 amide bonds. The molecular weight excluding hydrogens is 701 g/mol. The summed E-state index contributed by atoms with van der Waals surface area (Å²) < 4.78 is 33.9. The summed E-state index contributed by atoms with van der Waals surface area (Å²) >= 11 is 0. The minimum Gasteiger partial charge on any atom is -0.756 e. The molecule has 0 radical (unpaired) electrons. The summed E-state index contributed by atoms with van der Waals surface area (Å²) in [5.41, 5.74) is 0. The van der Waals surface area contributed by atoms with E-state index in [0.29, 0.717) is 17.4 Å². The third kappa shape index (κ3) is 40.2.